The zero-order valence-corrected chi connectivity index (χ0v) is 13.2. The van der Waals surface area contributed by atoms with E-state index in [2.05, 4.69) is 36.1 Å². The highest BCUT2D eigenvalue weighted by Crippen LogP contribution is 2.18. The topological polar surface area (TPSA) is 49.6 Å². The van der Waals surface area contributed by atoms with Gasteiger partial charge in [-0.2, -0.15) is 0 Å². The molecular formula is C17H27N3O. The van der Waals surface area contributed by atoms with Crippen LogP contribution in [0.3, 0.4) is 0 Å². The van der Waals surface area contributed by atoms with Gasteiger partial charge in [-0.1, -0.05) is 37.3 Å². The Morgan fingerprint density at radius 3 is 2.76 bits per heavy atom. The predicted molar refractivity (Wildman–Crippen MR) is 85.8 cm³/mol. The van der Waals surface area contributed by atoms with Crippen LogP contribution in [0.2, 0.25) is 0 Å². The Kier molecular flexibility index (Phi) is 5.76. The Labute approximate surface area is 127 Å². The molecule has 1 aromatic carbocycles. The Morgan fingerprint density at radius 2 is 2.14 bits per heavy atom. The van der Waals surface area contributed by atoms with Crippen LogP contribution in [0.15, 0.2) is 30.3 Å². The van der Waals surface area contributed by atoms with Gasteiger partial charge in [0.2, 0.25) is 5.91 Å². The molecule has 1 fully saturated rings. The summed E-state index contributed by atoms with van der Waals surface area (Å²) in [5.74, 6) is 0.0791. The number of nitrogens with zero attached hydrogens (tertiary/aromatic N) is 2. The molecule has 1 aliphatic heterocycles. The SMILES string of the molecule is CCN(Cc1ccccc1)[C@@H]1CCCN(C(=O)[C@H](C)N)C1. The summed E-state index contributed by atoms with van der Waals surface area (Å²) in [4.78, 5) is 16.5. The van der Waals surface area contributed by atoms with Gasteiger partial charge in [-0.25, -0.2) is 0 Å². The first-order valence-corrected chi connectivity index (χ1v) is 7.94. The number of hydrogen-bond donors (Lipinski definition) is 1. The van der Waals surface area contributed by atoms with Crippen LogP contribution in [-0.2, 0) is 11.3 Å². The summed E-state index contributed by atoms with van der Waals surface area (Å²) in [6, 6.07) is 10.6. The predicted octanol–water partition coefficient (Wildman–Crippen LogP) is 1.85. The molecule has 2 rings (SSSR count). The zero-order chi connectivity index (χ0) is 15.2. The maximum Gasteiger partial charge on any atom is 0.239 e. The number of amides is 1. The molecule has 0 aliphatic carbocycles. The van der Waals surface area contributed by atoms with Gasteiger partial charge in [0.25, 0.3) is 0 Å². The minimum absolute atomic E-state index is 0.0791. The van der Waals surface area contributed by atoms with E-state index in [0.717, 1.165) is 39.0 Å². The minimum atomic E-state index is -0.395. The highest BCUT2D eigenvalue weighted by molar-refractivity contribution is 5.81. The molecule has 4 heteroatoms. The van der Waals surface area contributed by atoms with Gasteiger partial charge in [0.05, 0.1) is 6.04 Å². The summed E-state index contributed by atoms with van der Waals surface area (Å²) in [6.45, 7) is 7.56. The molecule has 21 heavy (non-hydrogen) atoms. The molecule has 4 nitrogen and oxygen atoms in total. The quantitative estimate of drug-likeness (QED) is 0.900. The lowest BCUT2D eigenvalue weighted by Crippen LogP contribution is -2.52. The Balaban J connectivity index is 1.99. The Bertz CT molecular complexity index is 447. The van der Waals surface area contributed by atoms with Crippen LogP contribution >= 0.6 is 0 Å². The third kappa shape index (κ3) is 4.29. The summed E-state index contributed by atoms with van der Waals surface area (Å²) in [5, 5.41) is 0. The largest absolute Gasteiger partial charge is 0.340 e. The number of likely N-dealkylation sites (tertiary alicyclic amines) is 1. The highest BCUT2D eigenvalue weighted by atomic mass is 16.2. The second-order valence-electron chi connectivity index (χ2n) is 5.92. The van der Waals surface area contributed by atoms with E-state index in [4.69, 9.17) is 5.73 Å². The van der Waals surface area contributed by atoms with Crippen molar-refractivity contribution in [3.05, 3.63) is 35.9 Å². The van der Waals surface area contributed by atoms with Crippen molar-refractivity contribution in [1.29, 1.82) is 0 Å². The van der Waals surface area contributed by atoms with Crippen LogP contribution in [-0.4, -0.2) is 47.4 Å². The molecule has 1 aliphatic rings. The van der Waals surface area contributed by atoms with Crippen molar-refractivity contribution in [2.24, 2.45) is 5.73 Å². The van der Waals surface area contributed by atoms with Gasteiger partial charge >= 0.3 is 0 Å². The second kappa shape index (κ2) is 7.57. The van der Waals surface area contributed by atoms with Crippen LogP contribution < -0.4 is 5.73 Å². The Morgan fingerprint density at radius 1 is 1.43 bits per heavy atom. The van der Waals surface area contributed by atoms with E-state index in [1.165, 1.54) is 5.56 Å². The molecule has 0 spiro atoms. The van der Waals surface area contributed by atoms with Gasteiger partial charge in [0.1, 0.15) is 0 Å². The summed E-state index contributed by atoms with van der Waals surface area (Å²) < 4.78 is 0. The summed E-state index contributed by atoms with van der Waals surface area (Å²) in [7, 11) is 0. The number of carbonyl (C=O) groups excluding carboxylic acids is 1. The number of carbonyl (C=O) groups is 1. The maximum atomic E-state index is 12.1. The third-order valence-corrected chi connectivity index (χ3v) is 4.25. The van der Waals surface area contributed by atoms with E-state index < -0.39 is 6.04 Å². The molecule has 0 saturated carbocycles. The van der Waals surface area contributed by atoms with Crippen molar-refractivity contribution in [1.82, 2.24) is 9.80 Å². The normalized spacial score (nSPS) is 20.6. The Hall–Kier alpha value is -1.39. The molecular weight excluding hydrogens is 262 g/mol. The second-order valence-corrected chi connectivity index (χ2v) is 5.92. The van der Waals surface area contributed by atoms with Crippen LogP contribution in [0.25, 0.3) is 0 Å². The molecule has 2 N–H and O–H groups in total. The number of rotatable bonds is 5. The maximum absolute atomic E-state index is 12.1. The number of nitrogens with two attached hydrogens (primary N) is 1. The van der Waals surface area contributed by atoms with Crippen molar-refractivity contribution in [3.8, 4) is 0 Å². The molecule has 1 aromatic rings. The fraction of sp³-hybridized carbons (Fsp3) is 0.588. The van der Waals surface area contributed by atoms with E-state index in [1.807, 2.05) is 11.0 Å². The van der Waals surface area contributed by atoms with Gasteiger partial charge in [-0.3, -0.25) is 9.69 Å². The molecule has 0 bridgehead atoms. The molecule has 0 radical (unpaired) electrons. The van der Waals surface area contributed by atoms with Gasteiger partial charge in [-0.15, -0.1) is 0 Å². The van der Waals surface area contributed by atoms with Crippen molar-refractivity contribution >= 4 is 5.91 Å². The van der Waals surface area contributed by atoms with Crippen LogP contribution in [0, 0.1) is 0 Å². The van der Waals surface area contributed by atoms with E-state index >= 15 is 0 Å². The van der Waals surface area contributed by atoms with Crippen LogP contribution in [0.1, 0.15) is 32.3 Å². The van der Waals surface area contributed by atoms with Gasteiger partial charge in [0.15, 0.2) is 0 Å². The lowest BCUT2D eigenvalue weighted by Gasteiger charge is -2.39. The zero-order valence-electron chi connectivity index (χ0n) is 13.2. The van der Waals surface area contributed by atoms with Gasteiger partial charge in [0, 0.05) is 25.7 Å². The van der Waals surface area contributed by atoms with Crippen LogP contribution in [0.4, 0.5) is 0 Å². The lowest BCUT2D eigenvalue weighted by molar-refractivity contribution is -0.134. The highest BCUT2D eigenvalue weighted by Gasteiger charge is 2.28. The third-order valence-electron chi connectivity index (χ3n) is 4.25. The van der Waals surface area contributed by atoms with E-state index in [-0.39, 0.29) is 5.91 Å². The first kappa shape index (κ1) is 16.0. The van der Waals surface area contributed by atoms with E-state index in [1.54, 1.807) is 6.92 Å². The number of likely N-dealkylation sites (N-methyl/N-ethyl adjacent to an activating group) is 1. The molecule has 0 aromatic heterocycles. The molecule has 1 amide bonds. The fourth-order valence-electron chi connectivity index (χ4n) is 3.06. The number of hydrogen-bond acceptors (Lipinski definition) is 3. The van der Waals surface area contributed by atoms with Crippen molar-refractivity contribution in [2.75, 3.05) is 19.6 Å². The van der Waals surface area contributed by atoms with E-state index in [9.17, 15) is 4.79 Å². The molecule has 1 saturated heterocycles. The lowest BCUT2D eigenvalue weighted by atomic mass is 10.0. The van der Waals surface area contributed by atoms with Gasteiger partial charge < -0.3 is 10.6 Å². The fourth-order valence-corrected chi connectivity index (χ4v) is 3.06. The monoisotopic (exact) mass is 289 g/mol. The number of benzene rings is 1. The van der Waals surface area contributed by atoms with Gasteiger partial charge in [-0.05, 0) is 31.9 Å². The van der Waals surface area contributed by atoms with Crippen LogP contribution in [0.5, 0.6) is 0 Å². The van der Waals surface area contributed by atoms with Crippen molar-refractivity contribution in [3.63, 3.8) is 0 Å². The smallest absolute Gasteiger partial charge is 0.239 e. The number of piperidine rings is 1. The average molecular weight is 289 g/mol. The van der Waals surface area contributed by atoms with E-state index in [0.29, 0.717) is 6.04 Å². The van der Waals surface area contributed by atoms with Crippen molar-refractivity contribution < 1.29 is 4.79 Å². The standard InChI is InChI=1S/C17H27N3O/c1-3-19(12-15-8-5-4-6-9-15)16-10-7-11-20(13-16)17(21)14(2)18/h4-6,8-9,14,16H,3,7,10-13,18H2,1-2H3/t14-,16+/m0/s1. The molecule has 0 unspecified atom stereocenters. The molecule has 1 heterocycles. The molecule has 2 atom stereocenters. The first-order chi connectivity index (χ1) is 10.1. The molecule has 116 valence electrons. The first-order valence-electron chi connectivity index (χ1n) is 7.94. The van der Waals surface area contributed by atoms with Crippen molar-refractivity contribution in [2.45, 2.75) is 45.3 Å². The summed E-state index contributed by atoms with van der Waals surface area (Å²) in [5.41, 5.74) is 7.07. The summed E-state index contributed by atoms with van der Waals surface area (Å²) in [6.07, 6.45) is 2.22. The average Bonchev–Trinajstić information content (AvgIpc) is 2.53. The minimum Gasteiger partial charge on any atom is -0.340 e. The summed E-state index contributed by atoms with van der Waals surface area (Å²) >= 11 is 0.